The van der Waals surface area contributed by atoms with Crippen molar-refractivity contribution in [3.63, 3.8) is 0 Å². The van der Waals surface area contributed by atoms with Gasteiger partial charge in [-0.05, 0) is 42.5 Å². The molecular weight excluding hydrogens is 390 g/mol. The number of aromatic nitrogens is 1. The number of carbonyl (C=O) groups excluding carboxylic acids is 1. The van der Waals surface area contributed by atoms with E-state index in [4.69, 9.17) is 4.42 Å². The van der Waals surface area contributed by atoms with Crippen LogP contribution in [-0.2, 0) is 11.3 Å². The molecule has 1 aliphatic rings. The Balaban J connectivity index is 1.24. The molecule has 156 valence electrons. The van der Waals surface area contributed by atoms with Crippen LogP contribution in [0.5, 0.6) is 0 Å². The Morgan fingerprint density at radius 3 is 2.47 bits per heavy atom. The molecule has 0 atom stereocenters. The van der Waals surface area contributed by atoms with Crippen LogP contribution in [0, 0.1) is 11.6 Å². The molecule has 3 N–H and O–H groups in total. The first-order valence-corrected chi connectivity index (χ1v) is 9.98. The average Bonchev–Trinajstić information content (AvgIpc) is 3.18. The number of quaternary nitrogens is 2. The second kappa shape index (κ2) is 9.15. The van der Waals surface area contributed by atoms with Crippen LogP contribution in [-0.4, -0.2) is 43.6 Å². The van der Waals surface area contributed by atoms with E-state index in [1.165, 1.54) is 34.1 Å². The zero-order chi connectivity index (χ0) is 20.9. The minimum absolute atomic E-state index is 0.115. The molecule has 1 saturated heterocycles. The molecule has 0 aliphatic carbocycles. The zero-order valence-electron chi connectivity index (χ0n) is 16.5. The number of anilines is 1. The van der Waals surface area contributed by atoms with Gasteiger partial charge >= 0.3 is 0 Å². The van der Waals surface area contributed by atoms with Crippen molar-refractivity contribution in [2.45, 2.75) is 6.54 Å². The molecule has 30 heavy (non-hydrogen) atoms. The number of oxazole rings is 1. The van der Waals surface area contributed by atoms with Crippen LogP contribution in [0.1, 0.15) is 5.89 Å². The predicted molar refractivity (Wildman–Crippen MR) is 107 cm³/mol. The SMILES string of the molecule is O=C(C[NH+]1CC[NH+](Cc2ncc(-c3ccc(F)cc3)o2)CC1)Nc1cccc(F)c1. The van der Waals surface area contributed by atoms with E-state index in [1.807, 2.05) is 0 Å². The average molecular weight is 414 g/mol. The van der Waals surface area contributed by atoms with Crippen molar-refractivity contribution < 1.29 is 27.8 Å². The number of amides is 1. The second-order valence-corrected chi connectivity index (χ2v) is 7.54. The number of halogens is 2. The number of rotatable bonds is 6. The highest BCUT2D eigenvalue weighted by Crippen LogP contribution is 2.20. The molecule has 0 radical (unpaired) electrons. The number of hydrogen-bond acceptors (Lipinski definition) is 3. The molecule has 0 unspecified atom stereocenters. The van der Waals surface area contributed by atoms with Crippen LogP contribution >= 0.6 is 0 Å². The maximum atomic E-state index is 13.2. The number of carbonyl (C=O) groups is 1. The topological polar surface area (TPSA) is 64.0 Å². The van der Waals surface area contributed by atoms with Gasteiger partial charge in [0.2, 0.25) is 0 Å². The van der Waals surface area contributed by atoms with Crippen molar-refractivity contribution in [2.75, 3.05) is 38.0 Å². The van der Waals surface area contributed by atoms with Crippen LogP contribution in [0.15, 0.2) is 59.1 Å². The number of benzene rings is 2. The van der Waals surface area contributed by atoms with E-state index in [0.717, 1.165) is 31.7 Å². The van der Waals surface area contributed by atoms with Gasteiger partial charge in [-0.15, -0.1) is 0 Å². The number of piperazine rings is 1. The van der Waals surface area contributed by atoms with Gasteiger partial charge in [-0.3, -0.25) is 4.79 Å². The van der Waals surface area contributed by atoms with Crippen molar-refractivity contribution in [3.8, 4) is 11.3 Å². The second-order valence-electron chi connectivity index (χ2n) is 7.54. The van der Waals surface area contributed by atoms with Crippen LogP contribution in [0.2, 0.25) is 0 Å². The summed E-state index contributed by atoms with van der Waals surface area (Å²) in [4.78, 5) is 19.1. The highest BCUT2D eigenvalue weighted by atomic mass is 19.1. The van der Waals surface area contributed by atoms with Crippen LogP contribution in [0.4, 0.5) is 14.5 Å². The van der Waals surface area contributed by atoms with E-state index in [0.29, 0.717) is 30.4 Å². The molecule has 6 nitrogen and oxygen atoms in total. The zero-order valence-corrected chi connectivity index (χ0v) is 16.5. The number of hydrogen-bond donors (Lipinski definition) is 3. The van der Waals surface area contributed by atoms with Gasteiger partial charge in [0, 0.05) is 11.3 Å². The molecule has 8 heteroatoms. The molecule has 2 heterocycles. The van der Waals surface area contributed by atoms with Crippen molar-refractivity contribution in [2.24, 2.45) is 0 Å². The molecule has 1 amide bonds. The van der Waals surface area contributed by atoms with Gasteiger partial charge in [-0.1, -0.05) is 6.07 Å². The van der Waals surface area contributed by atoms with E-state index in [9.17, 15) is 13.6 Å². The lowest BCUT2D eigenvalue weighted by molar-refractivity contribution is -1.02. The van der Waals surface area contributed by atoms with E-state index in [-0.39, 0.29) is 17.5 Å². The van der Waals surface area contributed by atoms with Crippen LogP contribution in [0.3, 0.4) is 0 Å². The van der Waals surface area contributed by atoms with Gasteiger partial charge in [0.15, 0.2) is 18.8 Å². The standard InChI is InChI=1S/C22H22F2N4O2/c23-17-6-4-16(5-7-17)20-13-25-22(30-20)15-28-10-8-27(9-11-28)14-21(29)26-19-3-1-2-18(24)12-19/h1-7,12-13H,8-11,14-15H2,(H,26,29)/p+2. The lowest BCUT2D eigenvalue weighted by Crippen LogP contribution is -3.28. The van der Waals surface area contributed by atoms with E-state index >= 15 is 0 Å². The van der Waals surface area contributed by atoms with E-state index in [2.05, 4.69) is 10.3 Å². The summed E-state index contributed by atoms with van der Waals surface area (Å²) in [6.07, 6.45) is 1.67. The van der Waals surface area contributed by atoms with Gasteiger partial charge in [-0.2, -0.15) is 0 Å². The van der Waals surface area contributed by atoms with Crippen LogP contribution < -0.4 is 15.1 Å². The fourth-order valence-corrected chi connectivity index (χ4v) is 3.66. The molecular formula is C22H24F2N4O2+2. The molecule has 1 aliphatic heterocycles. The monoisotopic (exact) mass is 414 g/mol. The third kappa shape index (κ3) is 5.28. The van der Waals surface area contributed by atoms with Gasteiger partial charge in [0.25, 0.3) is 11.8 Å². The number of nitrogens with zero attached hydrogens (tertiary/aromatic N) is 1. The van der Waals surface area contributed by atoms with Crippen molar-refractivity contribution in [3.05, 3.63) is 72.3 Å². The fourth-order valence-electron chi connectivity index (χ4n) is 3.66. The van der Waals surface area contributed by atoms with E-state index < -0.39 is 0 Å². The maximum Gasteiger partial charge on any atom is 0.279 e. The first kappa shape index (κ1) is 20.2. The summed E-state index contributed by atoms with van der Waals surface area (Å²) in [6, 6.07) is 12.0. The molecule has 4 rings (SSSR count). The van der Waals surface area contributed by atoms with Crippen molar-refractivity contribution in [1.29, 1.82) is 0 Å². The molecule has 0 spiro atoms. The first-order chi connectivity index (χ1) is 14.5. The largest absolute Gasteiger partial charge is 0.435 e. The van der Waals surface area contributed by atoms with Gasteiger partial charge in [0.05, 0.1) is 6.20 Å². The number of nitrogens with one attached hydrogen (secondary N) is 3. The summed E-state index contributed by atoms with van der Waals surface area (Å²) in [5, 5.41) is 2.75. The minimum atomic E-state index is -0.369. The van der Waals surface area contributed by atoms with Crippen molar-refractivity contribution in [1.82, 2.24) is 4.98 Å². The highest BCUT2D eigenvalue weighted by Gasteiger charge is 2.26. The normalized spacial score (nSPS) is 18.9. The Morgan fingerprint density at radius 2 is 1.73 bits per heavy atom. The minimum Gasteiger partial charge on any atom is -0.435 e. The Bertz CT molecular complexity index is 998. The molecule has 0 bridgehead atoms. The predicted octanol–water partition coefficient (Wildman–Crippen LogP) is 0.542. The molecule has 3 aromatic rings. The third-order valence-electron chi connectivity index (χ3n) is 5.27. The van der Waals surface area contributed by atoms with Crippen molar-refractivity contribution >= 4 is 11.6 Å². The summed E-state index contributed by atoms with van der Waals surface area (Å²) >= 11 is 0. The summed E-state index contributed by atoms with van der Waals surface area (Å²) in [5.74, 6) is 0.509. The summed E-state index contributed by atoms with van der Waals surface area (Å²) in [6.45, 7) is 4.55. The maximum absolute atomic E-state index is 13.2. The van der Waals surface area contributed by atoms with Gasteiger partial charge in [0.1, 0.15) is 37.8 Å². The summed E-state index contributed by atoms with van der Waals surface area (Å²) in [7, 11) is 0. The smallest absolute Gasteiger partial charge is 0.279 e. The highest BCUT2D eigenvalue weighted by molar-refractivity contribution is 5.91. The molecule has 0 saturated carbocycles. The Labute approximate surface area is 173 Å². The molecule has 1 aromatic heterocycles. The summed E-state index contributed by atoms with van der Waals surface area (Å²) < 4.78 is 32.1. The lowest BCUT2D eigenvalue weighted by Gasteiger charge is -2.28. The van der Waals surface area contributed by atoms with E-state index in [1.54, 1.807) is 30.5 Å². The lowest BCUT2D eigenvalue weighted by atomic mass is 10.2. The quantitative estimate of drug-likeness (QED) is 0.552. The fraction of sp³-hybridized carbons (Fsp3) is 0.273. The Morgan fingerprint density at radius 1 is 1.00 bits per heavy atom. The molecule has 1 fully saturated rings. The summed E-state index contributed by atoms with van der Waals surface area (Å²) in [5.41, 5.74) is 1.27. The first-order valence-electron chi connectivity index (χ1n) is 9.98. The Hall–Kier alpha value is -3.10. The van der Waals surface area contributed by atoms with Crippen LogP contribution in [0.25, 0.3) is 11.3 Å². The Kier molecular flexibility index (Phi) is 6.15. The molecule has 2 aromatic carbocycles. The third-order valence-corrected chi connectivity index (χ3v) is 5.27. The van der Waals surface area contributed by atoms with Gasteiger partial charge in [-0.25, -0.2) is 13.8 Å². The van der Waals surface area contributed by atoms with Gasteiger partial charge < -0.3 is 19.5 Å².